The Labute approximate surface area is 132 Å². The van der Waals surface area contributed by atoms with E-state index < -0.39 is 38.5 Å². The summed E-state index contributed by atoms with van der Waals surface area (Å²) in [6, 6.07) is 5.01. The average Bonchev–Trinajstić information content (AvgIpc) is 2.41. The third-order valence-electron chi connectivity index (χ3n) is 2.30. The average molecular weight is 383 g/mol. The predicted octanol–water partition coefficient (Wildman–Crippen LogP) is 5.66. The van der Waals surface area contributed by atoms with Crippen LogP contribution in [0.25, 0.3) is 5.31 Å². The van der Waals surface area contributed by atoms with Gasteiger partial charge in [-0.25, -0.2) is 0 Å². The maximum Gasteiger partial charge on any atom is 0.412 e. The summed E-state index contributed by atoms with van der Waals surface area (Å²) in [6.07, 6.45) is -9.81. The fraction of sp³-hybridized carbons (Fsp3) is 0.333. The van der Waals surface area contributed by atoms with Crippen molar-refractivity contribution in [3.63, 3.8) is 0 Å². The first kappa shape index (κ1) is 20.0. The van der Waals surface area contributed by atoms with Crippen LogP contribution in [0.1, 0.15) is 5.56 Å². The second-order valence-corrected chi connectivity index (χ2v) is 6.72. The van der Waals surface area contributed by atoms with Crippen molar-refractivity contribution in [1.29, 1.82) is 0 Å². The first-order valence-electron chi connectivity index (χ1n) is 5.80. The summed E-state index contributed by atoms with van der Waals surface area (Å²) in [5, 5.41) is -0.383. The molecule has 1 aromatic rings. The van der Waals surface area contributed by atoms with Gasteiger partial charge in [-0.2, -0.15) is 26.3 Å². The van der Waals surface area contributed by atoms with Crippen LogP contribution < -0.4 is 0 Å². The molecule has 23 heavy (non-hydrogen) atoms. The van der Waals surface area contributed by atoms with Gasteiger partial charge in [0.2, 0.25) is 0 Å². The van der Waals surface area contributed by atoms with E-state index in [-0.39, 0.29) is 10.6 Å². The lowest BCUT2D eigenvalue weighted by Gasteiger charge is -2.22. The van der Waals surface area contributed by atoms with E-state index in [2.05, 4.69) is 15.6 Å². The van der Waals surface area contributed by atoms with Gasteiger partial charge in [0, 0.05) is 5.02 Å². The van der Waals surface area contributed by atoms with Gasteiger partial charge in [0.15, 0.2) is 13.2 Å². The topological polar surface area (TPSA) is 35.5 Å². The molecule has 0 bridgehead atoms. The van der Waals surface area contributed by atoms with E-state index in [0.717, 1.165) is 0 Å². The molecule has 0 spiro atoms. The molecule has 0 N–H and O–H groups in total. The second kappa shape index (κ2) is 7.25. The van der Waals surface area contributed by atoms with Crippen LogP contribution in [-0.4, -0.2) is 25.6 Å². The van der Waals surface area contributed by atoms with Gasteiger partial charge in [-0.05, 0) is 17.7 Å². The summed E-state index contributed by atoms with van der Waals surface area (Å²) >= 11 is 5.61. The van der Waals surface area contributed by atoms with Crippen molar-refractivity contribution in [2.75, 3.05) is 13.2 Å². The van der Waals surface area contributed by atoms with E-state index in [4.69, 9.17) is 11.6 Å². The first-order valence-corrected chi connectivity index (χ1v) is 7.72. The lowest BCUT2D eigenvalue weighted by Crippen LogP contribution is -2.20. The minimum absolute atomic E-state index is 0.0258. The summed E-state index contributed by atoms with van der Waals surface area (Å²) in [5.41, 5.74) is -0.0258. The Hall–Kier alpha value is -1.02. The lowest BCUT2D eigenvalue weighted by atomic mass is 10.2. The highest BCUT2D eigenvalue weighted by molar-refractivity contribution is 7.65. The van der Waals surface area contributed by atoms with Gasteiger partial charge in [-0.15, -0.1) is 0 Å². The highest BCUT2D eigenvalue weighted by Crippen LogP contribution is 2.60. The number of benzene rings is 1. The number of alkyl halides is 6. The van der Waals surface area contributed by atoms with Crippen LogP contribution in [0.4, 0.5) is 26.3 Å². The Morgan fingerprint density at radius 2 is 1.39 bits per heavy atom. The molecule has 0 heterocycles. The van der Waals surface area contributed by atoms with Crippen molar-refractivity contribution in [2.24, 2.45) is 0 Å². The molecule has 1 rings (SSSR count). The molecule has 0 aliphatic heterocycles. The molecule has 0 amide bonds. The molecule has 0 aliphatic rings. The molecule has 0 saturated carbocycles. The predicted molar refractivity (Wildman–Crippen MR) is 72.1 cm³/mol. The van der Waals surface area contributed by atoms with Crippen LogP contribution in [-0.2, 0) is 13.6 Å². The maximum absolute atomic E-state index is 12.3. The van der Waals surface area contributed by atoms with Crippen molar-refractivity contribution in [2.45, 2.75) is 12.4 Å². The molecular weight excluding hydrogens is 373 g/mol. The van der Waals surface area contributed by atoms with E-state index in [1.54, 1.807) is 0 Å². The summed E-state index contributed by atoms with van der Waals surface area (Å²) in [6.45, 7) is -0.857. The lowest BCUT2D eigenvalue weighted by molar-refractivity contribution is -0.164. The van der Waals surface area contributed by atoms with Crippen LogP contribution in [0.5, 0.6) is 0 Å². The van der Waals surface area contributed by atoms with Gasteiger partial charge in [-0.3, -0.25) is 13.6 Å². The van der Waals surface area contributed by atoms with Crippen LogP contribution in [0, 0.1) is 0 Å². The fourth-order valence-electron chi connectivity index (χ4n) is 1.31. The zero-order valence-electron chi connectivity index (χ0n) is 11.2. The molecule has 130 valence electrons. The van der Waals surface area contributed by atoms with Crippen molar-refractivity contribution in [3.8, 4) is 0 Å². The molecule has 0 saturated heterocycles. The van der Waals surface area contributed by atoms with Gasteiger partial charge in [0.1, 0.15) is 0 Å². The van der Waals surface area contributed by atoms with E-state index >= 15 is 0 Å². The number of hydrogen-bond donors (Lipinski definition) is 0. The van der Waals surface area contributed by atoms with E-state index in [1.165, 1.54) is 24.3 Å². The number of halogens is 7. The molecule has 3 nitrogen and oxygen atoms in total. The molecule has 0 atom stereocenters. The van der Waals surface area contributed by atoms with E-state index in [0.29, 0.717) is 0 Å². The molecule has 0 unspecified atom stereocenters. The van der Waals surface area contributed by atoms with Crippen LogP contribution in [0.2, 0.25) is 5.02 Å². The summed E-state index contributed by atoms with van der Waals surface area (Å²) in [5.74, 6) is 0. The van der Waals surface area contributed by atoms with Crippen molar-refractivity contribution >= 4 is 24.5 Å². The van der Waals surface area contributed by atoms with E-state index in [9.17, 15) is 30.9 Å². The van der Waals surface area contributed by atoms with Crippen LogP contribution in [0.15, 0.2) is 30.8 Å². The highest BCUT2D eigenvalue weighted by atomic mass is 35.5. The van der Waals surface area contributed by atoms with Gasteiger partial charge in [-0.1, -0.05) is 30.3 Å². The highest BCUT2D eigenvalue weighted by Gasteiger charge is 2.40. The first-order chi connectivity index (χ1) is 10.3. The van der Waals surface area contributed by atoms with Gasteiger partial charge >= 0.3 is 19.9 Å². The Balaban J connectivity index is 3.04. The second-order valence-electron chi connectivity index (χ2n) is 4.23. The number of rotatable bonds is 6. The zero-order valence-corrected chi connectivity index (χ0v) is 12.9. The molecule has 0 aromatic heterocycles. The SMILES string of the molecule is C=C(c1ccc(Cl)cc1)P(=O)(OCC(F)(F)F)OCC(F)(F)F. The van der Waals surface area contributed by atoms with Crippen LogP contribution >= 0.6 is 19.2 Å². The van der Waals surface area contributed by atoms with Gasteiger partial charge in [0.25, 0.3) is 0 Å². The Bertz CT molecular complexity index is 574. The van der Waals surface area contributed by atoms with Gasteiger partial charge in [0.05, 0.1) is 5.31 Å². The molecule has 11 heteroatoms. The zero-order chi connectivity index (χ0) is 17.9. The summed E-state index contributed by atoms with van der Waals surface area (Å²) < 4.78 is 93.8. The molecule has 0 aliphatic carbocycles. The Morgan fingerprint density at radius 3 is 1.74 bits per heavy atom. The van der Waals surface area contributed by atoms with Crippen molar-refractivity contribution < 1.29 is 40.0 Å². The monoisotopic (exact) mass is 382 g/mol. The summed E-state index contributed by atoms with van der Waals surface area (Å²) in [4.78, 5) is 0. The number of hydrogen-bond acceptors (Lipinski definition) is 3. The Morgan fingerprint density at radius 1 is 1.00 bits per heavy atom. The van der Waals surface area contributed by atoms with Crippen molar-refractivity contribution in [3.05, 3.63) is 41.4 Å². The maximum atomic E-state index is 12.3. The van der Waals surface area contributed by atoms with Crippen LogP contribution in [0.3, 0.4) is 0 Å². The molecular formula is C12H10ClF6O3P. The normalized spacial score (nSPS) is 13.2. The minimum atomic E-state index is -4.92. The Kier molecular flexibility index (Phi) is 6.32. The fourth-order valence-corrected chi connectivity index (χ4v) is 2.92. The standard InChI is InChI=1S/C12H10ClF6O3P/c1-8(9-2-4-10(13)5-3-9)23(20,21-6-11(14,15)16)22-7-12(17,18)19/h2-5H,1,6-7H2. The minimum Gasteiger partial charge on any atom is -0.296 e. The van der Waals surface area contributed by atoms with Crippen molar-refractivity contribution in [1.82, 2.24) is 0 Å². The largest absolute Gasteiger partial charge is 0.412 e. The molecule has 0 radical (unpaired) electrons. The third-order valence-corrected chi connectivity index (χ3v) is 4.41. The van der Waals surface area contributed by atoms with Gasteiger partial charge < -0.3 is 0 Å². The summed E-state index contributed by atoms with van der Waals surface area (Å²) in [7, 11) is -4.92. The molecule has 0 fully saturated rings. The van der Waals surface area contributed by atoms with E-state index in [1.807, 2.05) is 0 Å². The quantitative estimate of drug-likeness (QED) is 0.470. The molecule has 1 aromatic carbocycles. The third kappa shape index (κ3) is 6.95. The smallest absolute Gasteiger partial charge is 0.296 e.